The molecule has 0 aliphatic carbocycles. The number of nitrogens with zero attached hydrogens (tertiary/aromatic N) is 6. The van der Waals surface area contributed by atoms with E-state index < -0.39 is 10.0 Å². The van der Waals surface area contributed by atoms with Gasteiger partial charge in [0, 0.05) is 37.9 Å². The number of hydrogen-bond donors (Lipinski definition) is 0. The number of aryl methyl sites for hydroxylation is 1. The molecule has 2 saturated heterocycles. The van der Waals surface area contributed by atoms with Gasteiger partial charge in [0.2, 0.25) is 11.8 Å². The Balaban J connectivity index is 1.24. The molecule has 1 atom stereocenters. The summed E-state index contributed by atoms with van der Waals surface area (Å²) in [6, 6.07) is 7.83. The van der Waals surface area contributed by atoms with E-state index in [9.17, 15) is 13.2 Å². The third-order valence-corrected chi connectivity index (χ3v) is 8.37. The second-order valence-electron chi connectivity index (χ2n) is 9.26. The largest absolute Gasteiger partial charge is 0.339 e. The van der Waals surface area contributed by atoms with Crippen molar-refractivity contribution < 1.29 is 17.7 Å². The maximum Gasteiger partial charge on any atom is 0.262 e. The van der Waals surface area contributed by atoms with Crippen molar-refractivity contribution in [3.63, 3.8) is 0 Å². The van der Waals surface area contributed by atoms with Crippen LogP contribution in [0.2, 0.25) is 0 Å². The molecule has 1 aromatic carbocycles. The zero-order chi connectivity index (χ0) is 23.9. The van der Waals surface area contributed by atoms with Gasteiger partial charge in [0.1, 0.15) is 0 Å². The Labute approximate surface area is 198 Å². The van der Waals surface area contributed by atoms with Crippen molar-refractivity contribution in [2.75, 3.05) is 24.5 Å². The molecule has 0 radical (unpaired) electrons. The minimum absolute atomic E-state index is 0.0187. The molecule has 0 N–H and O–H groups in total. The second-order valence-corrected chi connectivity index (χ2v) is 11.1. The fraction of sp³-hybridized carbons (Fsp3) is 0.478. The Morgan fingerprint density at radius 2 is 1.88 bits per heavy atom. The number of hydrogen-bond acceptors (Lipinski definition) is 7. The van der Waals surface area contributed by atoms with Crippen molar-refractivity contribution in [2.24, 2.45) is 5.92 Å². The van der Waals surface area contributed by atoms with Gasteiger partial charge in [-0.2, -0.15) is 9.29 Å². The van der Waals surface area contributed by atoms with E-state index in [1.807, 2.05) is 31.2 Å². The summed E-state index contributed by atoms with van der Waals surface area (Å²) in [4.78, 5) is 22.9. The standard InChI is InChI=1S/C23H28N6O4S/c1-16-3-5-19(6-4-16)29-12-18(11-22(29)30)23-25-20(26-33-23)13-27-14-21(24-15-27)34(31,32)28-9-7-17(2)8-10-28/h3-6,14-15,17-18H,7-13H2,1-2H3. The number of sulfonamides is 1. The van der Waals surface area contributed by atoms with Gasteiger partial charge >= 0.3 is 0 Å². The molecule has 2 aliphatic rings. The highest BCUT2D eigenvalue weighted by Crippen LogP contribution is 2.31. The van der Waals surface area contributed by atoms with Gasteiger partial charge in [0.25, 0.3) is 10.0 Å². The number of carbonyl (C=O) groups excluding carboxylic acids is 1. The molecular weight excluding hydrogens is 456 g/mol. The highest BCUT2D eigenvalue weighted by atomic mass is 32.2. The summed E-state index contributed by atoms with van der Waals surface area (Å²) in [6.45, 7) is 5.88. The molecule has 1 amide bonds. The van der Waals surface area contributed by atoms with E-state index in [0.717, 1.165) is 24.1 Å². The quantitative estimate of drug-likeness (QED) is 0.528. The van der Waals surface area contributed by atoms with E-state index in [0.29, 0.717) is 43.7 Å². The fourth-order valence-corrected chi connectivity index (χ4v) is 5.83. The first kappa shape index (κ1) is 22.7. The number of carbonyl (C=O) groups is 1. The lowest BCUT2D eigenvalue weighted by atomic mass is 10.0. The first-order chi connectivity index (χ1) is 16.3. The van der Waals surface area contributed by atoms with E-state index in [2.05, 4.69) is 22.0 Å². The summed E-state index contributed by atoms with van der Waals surface area (Å²) in [5.41, 5.74) is 1.99. The summed E-state index contributed by atoms with van der Waals surface area (Å²) in [6.07, 6.45) is 4.99. The van der Waals surface area contributed by atoms with Crippen LogP contribution in [0.5, 0.6) is 0 Å². The lowest BCUT2D eigenvalue weighted by Gasteiger charge is -2.28. The Kier molecular flexibility index (Phi) is 5.98. The molecule has 2 fully saturated rings. The maximum atomic E-state index is 12.9. The van der Waals surface area contributed by atoms with Crippen LogP contribution in [0.3, 0.4) is 0 Å². The molecule has 5 rings (SSSR count). The highest BCUT2D eigenvalue weighted by molar-refractivity contribution is 7.89. The molecule has 4 heterocycles. The van der Waals surface area contributed by atoms with Gasteiger partial charge in [-0.1, -0.05) is 29.8 Å². The van der Waals surface area contributed by atoms with Crippen molar-refractivity contribution in [3.8, 4) is 0 Å². The molecule has 3 aromatic rings. The first-order valence-corrected chi connectivity index (χ1v) is 12.9. The molecule has 34 heavy (non-hydrogen) atoms. The van der Waals surface area contributed by atoms with Crippen LogP contribution in [0.4, 0.5) is 5.69 Å². The lowest BCUT2D eigenvalue weighted by molar-refractivity contribution is -0.117. The van der Waals surface area contributed by atoms with Crippen LogP contribution in [-0.2, 0) is 21.4 Å². The Morgan fingerprint density at radius 1 is 1.15 bits per heavy atom. The molecule has 10 nitrogen and oxygen atoms in total. The maximum absolute atomic E-state index is 12.9. The topological polar surface area (TPSA) is 114 Å². The number of amides is 1. The van der Waals surface area contributed by atoms with Crippen LogP contribution in [0.25, 0.3) is 0 Å². The summed E-state index contributed by atoms with van der Waals surface area (Å²) in [5, 5.41) is 4.06. The average molecular weight is 485 g/mol. The van der Waals surface area contributed by atoms with Crippen molar-refractivity contribution in [1.82, 2.24) is 24.0 Å². The van der Waals surface area contributed by atoms with Gasteiger partial charge in [0.05, 0.1) is 18.8 Å². The molecule has 0 saturated carbocycles. The van der Waals surface area contributed by atoms with Gasteiger partial charge in [-0.15, -0.1) is 0 Å². The van der Waals surface area contributed by atoms with E-state index in [1.54, 1.807) is 9.47 Å². The third kappa shape index (κ3) is 4.49. The fourth-order valence-electron chi connectivity index (χ4n) is 4.42. The van der Waals surface area contributed by atoms with Crippen molar-refractivity contribution in [2.45, 2.75) is 50.6 Å². The van der Waals surface area contributed by atoms with Gasteiger partial charge < -0.3 is 14.0 Å². The van der Waals surface area contributed by atoms with Crippen LogP contribution < -0.4 is 4.90 Å². The predicted octanol–water partition coefficient (Wildman–Crippen LogP) is 2.56. The normalized spacial score (nSPS) is 20.4. The molecule has 2 aromatic heterocycles. The van der Waals surface area contributed by atoms with Gasteiger partial charge in [-0.25, -0.2) is 13.4 Å². The van der Waals surface area contributed by atoms with Crippen LogP contribution in [-0.4, -0.2) is 58.0 Å². The monoisotopic (exact) mass is 484 g/mol. The Hall–Kier alpha value is -3.05. The minimum Gasteiger partial charge on any atom is -0.339 e. The number of rotatable bonds is 6. The van der Waals surface area contributed by atoms with E-state index in [-0.39, 0.29) is 23.4 Å². The second kappa shape index (κ2) is 8.95. The first-order valence-electron chi connectivity index (χ1n) is 11.5. The van der Waals surface area contributed by atoms with E-state index >= 15 is 0 Å². The minimum atomic E-state index is -3.61. The van der Waals surface area contributed by atoms with Crippen molar-refractivity contribution in [1.29, 1.82) is 0 Å². The number of benzene rings is 1. The van der Waals surface area contributed by atoms with Gasteiger partial charge in [-0.05, 0) is 37.8 Å². The molecule has 0 spiro atoms. The molecule has 2 aliphatic heterocycles. The molecule has 0 bridgehead atoms. The zero-order valence-electron chi connectivity index (χ0n) is 19.3. The lowest BCUT2D eigenvalue weighted by Crippen LogP contribution is -2.38. The summed E-state index contributed by atoms with van der Waals surface area (Å²) in [5.74, 6) is 1.19. The van der Waals surface area contributed by atoms with Crippen LogP contribution in [0, 0.1) is 12.8 Å². The average Bonchev–Trinajstić information content (AvgIpc) is 3.55. The zero-order valence-corrected chi connectivity index (χ0v) is 20.1. The smallest absolute Gasteiger partial charge is 0.262 e. The number of imidazole rings is 1. The van der Waals surface area contributed by atoms with Crippen LogP contribution >= 0.6 is 0 Å². The Morgan fingerprint density at radius 3 is 2.62 bits per heavy atom. The van der Waals surface area contributed by atoms with E-state index in [1.165, 1.54) is 16.8 Å². The van der Waals surface area contributed by atoms with Crippen LogP contribution in [0.15, 0.2) is 46.3 Å². The molecule has 1 unspecified atom stereocenters. The van der Waals surface area contributed by atoms with Gasteiger partial charge in [0.15, 0.2) is 10.9 Å². The predicted molar refractivity (Wildman–Crippen MR) is 124 cm³/mol. The molecular formula is C23H28N6O4S. The number of anilines is 1. The van der Waals surface area contributed by atoms with E-state index in [4.69, 9.17) is 4.52 Å². The van der Waals surface area contributed by atoms with Crippen molar-refractivity contribution in [3.05, 3.63) is 54.1 Å². The van der Waals surface area contributed by atoms with Gasteiger partial charge in [-0.3, -0.25) is 4.79 Å². The summed E-state index contributed by atoms with van der Waals surface area (Å²) >= 11 is 0. The highest BCUT2D eigenvalue weighted by Gasteiger charge is 2.35. The number of aromatic nitrogens is 4. The Bertz CT molecular complexity index is 1270. The third-order valence-electron chi connectivity index (χ3n) is 6.58. The summed E-state index contributed by atoms with van der Waals surface area (Å²) in [7, 11) is -3.61. The SMILES string of the molecule is Cc1ccc(N2CC(c3nc(Cn4cnc(S(=O)(=O)N5CCC(C)CC5)c4)no3)CC2=O)cc1. The molecule has 180 valence electrons. The molecule has 11 heteroatoms. The van der Waals surface area contributed by atoms with Crippen LogP contribution in [0.1, 0.15) is 49.4 Å². The summed E-state index contributed by atoms with van der Waals surface area (Å²) < 4.78 is 34.4. The van der Waals surface area contributed by atoms with Crippen molar-refractivity contribution >= 4 is 21.6 Å². The number of piperidine rings is 1.